The van der Waals surface area contributed by atoms with Crippen LogP contribution in [0.4, 0.5) is 0 Å². The van der Waals surface area contributed by atoms with Crippen molar-refractivity contribution in [3.63, 3.8) is 0 Å². The van der Waals surface area contributed by atoms with Crippen molar-refractivity contribution in [2.24, 2.45) is 23.5 Å². The molecule has 6 atom stereocenters. The topological polar surface area (TPSA) is 197 Å². The number of hydrogen-bond donors (Lipinski definition) is 5. The molecule has 1 aromatic carbocycles. The second kappa shape index (κ2) is 12.1. The van der Waals surface area contributed by atoms with Gasteiger partial charge in [0.05, 0.1) is 36.2 Å². The molecule has 1 aromatic rings. The molecule has 12 heteroatoms. The number of benzene rings is 1. The zero-order chi connectivity index (χ0) is 33.1. The fraction of sp³-hybridized carbons (Fsp3) is 0.588. The van der Waals surface area contributed by atoms with Gasteiger partial charge in [-0.1, -0.05) is 44.2 Å². The van der Waals surface area contributed by atoms with Crippen LogP contribution < -0.4 is 5.73 Å². The molecule has 5 aliphatic carbocycles. The molecular formula is C34H42N2O10. The number of nitrogens with two attached hydrogens (primary N) is 1. The van der Waals surface area contributed by atoms with E-state index in [4.69, 9.17) is 15.2 Å². The summed E-state index contributed by atoms with van der Waals surface area (Å²) in [5, 5.41) is 46.5. The second-order valence-corrected chi connectivity index (χ2v) is 13.6. The number of primary amides is 1. The number of esters is 1. The number of rotatable bonds is 7. The number of amides is 1. The largest absolute Gasteiger partial charge is 0.508 e. The van der Waals surface area contributed by atoms with Gasteiger partial charge in [-0.2, -0.15) is 0 Å². The zero-order valence-electron chi connectivity index (χ0n) is 26.1. The minimum atomic E-state index is -2.98. The van der Waals surface area contributed by atoms with E-state index < -0.39 is 87.5 Å². The lowest BCUT2D eigenvalue weighted by atomic mass is 9.54. The Morgan fingerprint density at radius 3 is 2.28 bits per heavy atom. The number of nitrogens with zero attached hydrogens (tertiary/aromatic N) is 1. The summed E-state index contributed by atoms with van der Waals surface area (Å²) in [5.74, 6) is -10.2. The van der Waals surface area contributed by atoms with Crippen molar-refractivity contribution in [3.8, 4) is 5.75 Å². The smallest absolute Gasteiger partial charge is 0.309 e. The van der Waals surface area contributed by atoms with E-state index in [0.29, 0.717) is 18.4 Å². The number of ketones is 2. The molecule has 0 aromatic heterocycles. The van der Waals surface area contributed by atoms with Crippen LogP contribution in [0.2, 0.25) is 0 Å². The van der Waals surface area contributed by atoms with Crippen LogP contribution in [0.25, 0.3) is 5.76 Å². The molecule has 0 saturated heterocycles. The fourth-order valence-corrected chi connectivity index (χ4v) is 8.57. The summed E-state index contributed by atoms with van der Waals surface area (Å²) in [5.41, 5.74) is 1.58. The highest BCUT2D eigenvalue weighted by Gasteiger charge is 2.70. The zero-order valence-corrected chi connectivity index (χ0v) is 26.1. The van der Waals surface area contributed by atoms with Crippen molar-refractivity contribution in [3.05, 3.63) is 46.2 Å². The lowest BCUT2D eigenvalue weighted by Crippen LogP contribution is -2.71. The summed E-state index contributed by atoms with van der Waals surface area (Å²) in [6.45, 7) is 0.0212. The van der Waals surface area contributed by atoms with Gasteiger partial charge >= 0.3 is 5.97 Å². The molecule has 0 aliphatic heterocycles. The standard InChI is InChI=1S/C34H42N2O10/c1-36(2)26-25-29(46-33(43)16-9-4-3-5-10-16)22-19(15-45-17-11-6-7-12-17)18-13-8-14-20(37)21(18)27(38)23(22)30(40)34(25,44)31(41)24(28(26)39)32(35)42/h8,13-14,16-17,19,22,25-26,29,37-38,41,44H,3-7,9-12,15H2,1-2H3,(H2,35,42)/t19-,22+,25+,26-,29-,34-/m1/s1. The molecule has 6 N–H and O–H groups in total. The van der Waals surface area contributed by atoms with Gasteiger partial charge in [-0.25, -0.2) is 0 Å². The molecule has 12 nitrogen and oxygen atoms in total. The number of carbonyl (C=O) groups excluding carboxylic acids is 4. The highest BCUT2D eigenvalue weighted by molar-refractivity contribution is 6.24. The van der Waals surface area contributed by atoms with Crippen LogP contribution in [-0.4, -0.2) is 93.3 Å². The molecule has 0 bridgehead atoms. The van der Waals surface area contributed by atoms with Gasteiger partial charge in [0.25, 0.3) is 5.91 Å². The summed E-state index contributed by atoms with van der Waals surface area (Å²) in [6, 6.07) is 3.20. The maximum atomic E-state index is 14.6. The van der Waals surface area contributed by atoms with Crippen LogP contribution in [0.3, 0.4) is 0 Å². The lowest BCUT2D eigenvalue weighted by Gasteiger charge is -2.55. The van der Waals surface area contributed by atoms with Gasteiger partial charge in [0.2, 0.25) is 5.78 Å². The number of fused-ring (bicyclic) bond motifs is 3. The number of ether oxygens (including phenoxy) is 2. The van der Waals surface area contributed by atoms with Gasteiger partial charge in [0.15, 0.2) is 11.4 Å². The van der Waals surface area contributed by atoms with Gasteiger partial charge in [0, 0.05) is 17.4 Å². The first-order valence-corrected chi connectivity index (χ1v) is 16.2. The van der Waals surface area contributed by atoms with Gasteiger partial charge in [0.1, 0.15) is 28.9 Å². The highest BCUT2D eigenvalue weighted by atomic mass is 16.5. The Hall–Kier alpha value is -3.74. The Bertz CT molecular complexity index is 1520. The number of aromatic hydroxyl groups is 1. The van der Waals surface area contributed by atoms with Crippen molar-refractivity contribution in [1.29, 1.82) is 0 Å². The van der Waals surface area contributed by atoms with Crippen molar-refractivity contribution in [2.75, 3.05) is 20.7 Å². The van der Waals surface area contributed by atoms with Crippen LogP contribution in [-0.2, 0) is 28.7 Å². The number of phenols is 1. The second-order valence-electron chi connectivity index (χ2n) is 13.6. The third kappa shape index (κ3) is 4.92. The number of likely N-dealkylation sites (N-methyl/N-ethyl adjacent to an activating group) is 1. The summed E-state index contributed by atoms with van der Waals surface area (Å²) >= 11 is 0. The van der Waals surface area contributed by atoms with E-state index in [1.807, 2.05) is 0 Å². The first kappa shape index (κ1) is 32.2. The first-order chi connectivity index (χ1) is 21.9. The van der Waals surface area contributed by atoms with Crippen LogP contribution >= 0.6 is 0 Å². The van der Waals surface area contributed by atoms with E-state index in [1.165, 1.54) is 25.1 Å². The average molecular weight is 639 g/mol. The Kier molecular flexibility index (Phi) is 8.49. The third-order valence-electron chi connectivity index (χ3n) is 10.8. The molecule has 248 valence electrons. The lowest BCUT2D eigenvalue weighted by molar-refractivity contribution is -0.189. The van der Waals surface area contributed by atoms with E-state index in [-0.39, 0.29) is 24.0 Å². The van der Waals surface area contributed by atoms with Gasteiger partial charge < -0.3 is 35.6 Å². The summed E-state index contributed by atoms with van der Waals surface area (Å²) in [4.78, 5) is 56.3. The van der Waals surface area contributed by atoms with Gasteiger partial charge in [-0.3, -0.25) is 24.1 Å². The number of phenolic OH excluding ortho intramolecular Hbond substituents is 1. The van der Waals surface area contributed by atoms with Crippen molar-refractivity contribution in [2.45, 2.75) is 87.6 Å². The highest BCUT2D eigenvalue weighted by Crippen LogP contribution is 2.57. The van der Waals surface area contributed by atoms with Crippen molar-refractivity contribution < 1.29 is 49.1 Å². The molecule has 6 rings (SSSR count). The van der Waals surface area contributed by atoms with E-state index in [1.54, 1.807) is 12.1 Å². The Balaban J connectivity index is 1.59. The van der Waals surface area contributed by atoms with E-state index >= 15 is 0 Å². The van der Waals surface area contributed by atoms with Crippen LogP contribution in [0, 0.1) is 17.8 Å². The van der Waals surface area contributed by atoms with E-state index in [0.717, 1.165) is 44.9 Å². The van der Waals surface area contributed by atoms with E-state index in [2.05, 4.69) is 0 Å². The van der Waals surface area contributed by atoms with E-state index in [9.17, 15) is 39.6 Å². The van der Waals surface area contributed by atoms with Gasteiger partial charge in [-0.15, -0.1) is 0 Å². The summed E-state index contributed by atoms with van der Waals surface area (Å²) < 4.78 is 12.7. The number of aliphatic hydroxyl groups excluding tert-OH is 2. The molecule has 0 unspecified atom stereocenters. The minimum absolute atomic E-state index is 0.0212. The normalized spacial score (nSPS) is 32.0. The molecule has 5 aliphatic rings. The third-order valence-corrected chi connectivity index (χ3v) is 10.8. The Labute approximate surface area is 266 Å². The monoisotopic (exact) mass is 638 g/mol. The van der Waals surface area contributed by atoms with Crippen LogP contribution in [0.15, 0.2) is 35.1 Å². The average Bonchev–Trinajstić information content (AvgIpc) is 3.54. The maximum Gasteiger partial charge on any atom is 0.309 e. The number of carbonyl (C=O) groups is 4. The molecule has 3 saturated carbocycles. The number of hydrogen-bond acceptors (Lipinski definition) is 11. The quantitative estimate of drug-likeness (QED) is 0.217. The molecule has 3 fully saturated rings. The predicted octanol–water partition coefficient (Wildman–Crippen LogP) is 2.57. The molecule has 0 radical (unpaired) electrons. The summed E-state index contributed by atoms with van der Waals surface area (Å²) in [6.07, 6.45) is 5.94. The first-order valence-electron chi connectivity index (χ1n) is 16.2. The maximum absolute atomic E-state index is 14.6. The molecule has 0 spiro atoms. The number of aliphatic hydroxyl groups is 3. The van der Waals surface area contributed by atoms with Crippen LogP contribution in [0.1, 0.15) is 74.8 Å². The predicted molar refractivity (Wildman–Crippen MR) is 163 cm³/mol. The molecule has 46 heavy (non-hydrogen) atoms. The van der Waals surface area contributed by atoms with Crippen molar-refractivity contribution in [1.82, 2.24) is 4.90 Å². The SMILES string of the molecule is CN(C)[C@H]1C(=O)C(C(N)=O)=C(O)[C@]2(O)C(=O)C3=C(O)c4c(O)cccc4[C@@H](COC4CCCC4)[C@@H]3[C@@H](OC(=O)C3CCCCC3)[C@H]12. The Morgan fingerprint density at radius 2 is 1.65 bits per heavy atom. The Morgan fingerprint density at radius 1 is 1.00 bits per heavy atom. The summed E-state index contributed by atoms with van der Waals surface area (Å²) in [7, 11) is 3.01. The fourth-order valence-electron chi connectivity index (χ4n) is 8.57. The molecular weight excluding hydrogens is 596 g/mol. The van der Waals surface area contributed by atoms with Crippen LogP contribution in [0.5, 0.6) is 5.75 Å². The number of Topliss-reactive ketones (excluding diaryl/α,β-unsaturated/α-hetero) is 2. The molecule has 0 heterocycles. The van der Waals surface area contributed by atoms with Gasteiger partial charge in [-0.05, 0) is 51.4 Å². The van der Waals surface area contributed by atoms with Crippen molar-refractivity contribution >= 4 is 29.2 Å². The minimum Gasteiger partial charge on any atom is -0.508 e. The molecule has 1 amide bonds.